The van der Waals surface area contributed by atoms with Gasteiger partial charge in [-0.25, -0.2) is 0 Å². The van der Waals surface area contributed by atoms with Crippen LogP contribution < -0.4 is 5.56 Å². The second-order valence-electron chi connectivity index (χ2n) is 7.58. The Morgan fingerprint density at radius 1 is 1.13 bits per heavy atom. The van der Waals surface area contributed by atoms with Gasteiger partial charge in [0.15, 0.2) is 0 Å². The van der Waals surface area contributed by atoms with E-state index in [-0.39, 0.29) is 17.0 Å². The van der Waals surface area contributed by atoms with Gasteiger partial charge in [0.2, 0.25) is 0 Å². The minimum Gasteiger partial charge on any atom is -0.339 e. The molecule has 3 aromatic rings. The Kier molecular flexibility index (Phi) is 5.91. The molecule has 0 aliphatic carbocycles. The standard InChI is InChI=1S/C24H23N3O2S/c1-30-22-19(16-25)23(28)27-12-6-5-9-20(27)21(22)24(29)26-13-10-18(11-14-26)15-17-7-3-2-4-8-17/h2-9,12,18H,10-11,13-15H2,1H3. The summed E-state index contributed by atoms with van der Waals surface area (Å²) in [6.45, 7) is 1.37. The lowest BCUT2D eigenvalue weighted by Gasteiger charge is -2.33. The summed E-state index contributed by atoms with van der Waals surface area (Å²) in [7, 11) is 0. The van der Waals surface area contributed by atoms with Crippen molar-refractivity contribution < 1.29 is 4.79 Å². The third-order valence-electron chi connectivity index (χ3n) is 5.80. The van der Waals surface area contributed by atoms with Crippen molar-refractivity contribution in [3.8, 4) is 6.07 Å². The number of carbonyl (C=O) groups excluding carboxylic acids is 1. The summed E-state index contributed by atoms with van der Waals surface area (Å²) in [6.07, 6.45) is 6.35. The number of piperidine rings is 1. The van der Waals surface area contributed by atoms with E-state index < -0.39 is 0 Å². The first-order valence-electron chi connectivity index (χ1n) is 10.1. The molecule has 0 unspecified atom stereocenters. The number of hydrogen-bond donors (Lipinski definition) is 0. The average molecular weight is 418 g/mol. The minimum absolute atomic E-state index is 0.0357. The van der Waals surface area contributed by atoms with Crippen molar-refractivity contribution in [2.45, 2.75) is 24.2 Å². The van der Waals surface area contributed by atoms with Crippen LogP contribution in [0, 0.1) is 17.2 Å². The van der Waals surface area contributed by atoms with Crippen LogP contribution in [-0.4, -0.2) is 34.6 Å². The maximum atomic E-state index is 13.5. The molecule has 1 saturated heterocycles. The van der Waals surface area contributed by atoms with Crippen LogP contribution in [-0.2, 0) is 6.42 Å². The van der Waals surface area contributed by atoms with Crippen LogP contribution in [0.5, 0.6) is 0 Å². The molecule has 5 nitrogen and oxygen atoms in total. The number of aromatic nitrogens is 1. The summed E-state index contributed by atoms with van der Waals surface area (Å²) in [4.78, 5) is 28.6. The van der Waals surface area contributed by atoms with E-state index in [0.29, 0.717) is 35.0 Å². The van der Waals surface area contributed by atoms with E-state index in [4.69, 9.17) is 0 Å². The lowest BCUT2D eigenvalue weighted by atomic mass is 9.90. The van der Waals surface area contributed by atoms with E-state index >= 15 is 0 Å². The minimum atomic E-state index is -0.379. The predicted molar refractivity (Wildman–Crippen MR) is 119 cm³/mol. The smallest absolute Gasteiger partial charge is 0.274 e. The maximum absolute atomic E-state index is 13.5. The van der Waals surface area contributed by atoms with Crippen LogP contribution in [0.4, 0.5) is 0 Å². The quantitative estimate of drug-likeness (QED) is 0.602. The highest BCUT2D eigenvalue weighted by atomic mass is 32.2. The largest absolute Gasteiger partial charge is 0.339 e. The fourth-order valence-corrected chi connectivity index (χ4v) is 4.97. The molecular weight excluding hydrogens is 394 g/mol. The number of hydrogen-bond acceptors (Lipinski definition) is 4. The van der Waals surface area contributed by atoms with E-state index in [1.54, 1.807) is 24.6 Å². The van der Waals surface area contributed by atoms with Crippen LogP contribution in [0.15, 0.2) is 64.4 Å². The summed E-state index contributed by atoms with van der Waals surface area (Å²) in [5.41, 5.74) is 2.01. The lowest BCUT2D eigenvalue weighted by molar-refractivity contribution is 0.0688. The zero-order chi connectivity index (χ0) is 21.1. The predicted octanol–water partition coefficient (Wildman–Crippen LogP) is 3.99. The third-order valence-corrected chi connectivity index (χ3v) is 6.62. The van der Waals surface area contributed by atoms with Crippen molar-refractivity contribution in [1.29, 1.82) is 5.26 Å². The zero-order valence-electron chi connectivity index (χ0n) is 16.9. The molecule has 1 fully saturated rings. The number of pyridine rings is 2. The average Bonchev–Trinajstić information content (AvgIpc) is 2.79. The van der Waals surface area contributed by atoms with Crippen molar-refractivity contribution in [2.75, 3.05) is 19.3 Å². The van der Waals surface area contributed by atoms with E-state index in [1.165, 1.54) is 21.7 Å². The Balaban J connectivity index is 1.62. The number of likely N-dealkylation sites (tertiary alicyclic amines) is 1. The van der Waals surface area contributed by atoms with Gasteiger partial charge in [0, 0.05) is 24.2 Å². The van der Waals surface area contributed by atoms with Crippen molar-refractivity contribution in [3.05, 3.63) is 81.8 Å². The fraction of sp³-hybridized carbons (Fsp3) is 0.292. The van der Waals surface area contributed by atoms with Gasteiger partial charge in [-0.05, 0) is 49.1 Å². The van der Waals surface area contributed by atoms with E-state index in [1.807, 2.05) is 23.1 Å². The second kappa shape index (κ2) is 8.76. The molecule has 0 N–H and O–H groups in total. The summed E-state index contributed by atoms with van der Waals surface area (Å²) in [5.74, 6) is 0.457. The van der Waals surface area contributed by atoms with E-state index in [2.05, 4.69) is 24.3 Å². The van der Waals surface area contributed by atoms with Crippen LogP contribution in [0.2, 0.25) is 0 Å². The molecule has 30 heavy (non-hydrogen) atoms. The number of thioether (sulfide) groups is 1. The highest BCUT2D eigenvalue weighted by Crippen LogP contribution is 2.29. The normalized spacial score (nSPS) is 14.6. The summed E-state index contributed by atoms with van der Waals surface area (Å²) >= 11 is 1.29. The van der Waals surface area contributed by atoms with Crippen molar-refractivity contribution in [2.24, 2.45) is 5.92 Å². The number of amides is 1. The molecule has 0 bridgehead atoms. The van der Waals surface area contributed by atoms with Gasteiger partial charge in [-0.15, -0.1) is 11.8 Å². The molecule has 4 rings (SSSR count). The Bertz CT molecular complexity index is 1170. The van der Waals surface area contributed by atoms with Gasteiger partial charge in [-0.3, -0.25) is 14.0 Å². The molecule has 0 spiro atoms. The molecule has 0 saturated carbocycles. The molecule has 0 atom stereocenters. The molecule has 1 aromatic carbocycles. The summed E-state index contributed by atoms with van der Waals surface area (Å²) in [6, 6.07) is 17.8. The molecule has 3 heterocycles. The Morgan fingerprint density at radius 2 is 1.83 bits per heavy atom. The monoisotopic (exact) mass is 417 g/mol. The summed E-state index contributed by atoms with van der Waals surface area (Å²) in [5, 5.41) is 9.58. The highest BCUT2D eigenvalue weighted by Gasteiger charge is 2.29. The highest BCUT2D eigenvalue weighted by molar-refractivity contribution is 7.98. The Morgan fingerprint density at radius 3 is 2.50 bits per heavy atom. The third kappa shape index (κ3) is 3.73. The van der Waals surface area contributed by atoms with Gasteiger partial charge in [0.1, 0.15) is 11.6 Å². The second-order valence-corrected chi connectivity index (χ2v) is 8.40. The van der Waals surface area contributed by atoms with Gasteiger partial charge >= 0.3 is 0 Å². The van der Waals surface area contributed by atoms with Crippen LogP contribution in [0.25, 0.3) is 5.52 Å². The van der Waals surface area contributed by atoms with Crippen LogP contribution in [0.1, 0.15) is 34.3 Å². The fourth-order valence-electron chi connectivity index (χ4n) is 4.24. The van der Waals surface area contributed by atoms with Crippen molar-refractivity contribution >= 4 is 23.2 Å². The van der Waals surface area contributed by atoms with Gasteiger partial charge < -0.3 is 4.90 Å². The molecule has 2 aromatic heterocycles. The number of rotatable bonds is 4. The Hall–Kier alpha value is -3.04. The topological polar surface area (TPSA) is 65.6 Å². The van der Waals surface area contributed by atoms with Gasteiger partial charge in [0.25, 0.3) is 11.5 Å². The number of nitriles is 1. The number of fused-ring (bicyclic) bond motifs is 1. The zero-order valence-corrected chi connectivity index (χ0v) is 17.7. The van der Waals surface area contributed by atoms with Crippen LogP contribution >= 0.6 is 11.8 Å². The molecule has 1 aliphatic rings. The first-order valence-corrected chi connectivity index (χ1v) is 11.3. The number of nitrogens with zero attached hydrogens (tertiary/aromatic N) is 3. The van der Waals surface area contributed by atoms with Crippen molar-refractivity contribution in [1.82, 2.24) is 9.30 Å². The lowest BCUT2D eigenvalue weighted by Crippen LogP contribution is -2.40. The molecule has 1 aliphatic heterocycles. The van der Waals surface area contributed by atoms with Crippen LogP contribution in [0.3, 0.4) is 0 Å². The molecular formula is C24H23N3O2S. The van der Waals surface area contributed by atoms with E-state index in [0.717, 1.165) is 19.3 Å². The first-order chi connectivity index (χ1) is 14.6. The maximum Gasteiger partial charge on any atom is 0.274 e. The number of benzene rings is 1. The molecule has 0 radical (unpaired) electrons. The molecule has 152 valence electrons. The molecule has 1 amide bonds. The Labute approximate surface area is 179 Å². The van der Waals surface area contributed by atoms with E-state index in [9.17, 15) is 14.9 Å². The summed E-state index contributed by atoms with van der Waals surface area (Å²) < 4.78 is 1.41. The molecule has 6 heteroatoms. The van der Waals surface area contributed by atoms with Gasteiger partial charge in [-0.2, -0.15) is 5.26 Å². The first kappa shape index (κ1) is 20.2. The van der Waals surface area contributed by atoms with Crippen molar-refractivity contribution in [3.63, 3.8) is 0 Å². The van der Waals surface area contributed by atoms with Gasteiger partial charge in [0.05, 0.1) is 11.1 Å². The SMILES string of the molecule is CSc1c(C#N)c(=O)n2ccccc2c1C(=O)N1CCC(Cc2ccccc2)CC1. The number of carbonyl (C=O) groups is 1. The van der Waals surface area contributed by atoms with Gasteiger partial charge in [-0.1, -0.05) is 36.4 Å².